The molecule has 0 atom stereocenters. The molecule has 8 aromatic rings. The minimum atomic E-state index is 0.653. The second kappa shape index (κ2) is 8.95. The number of hydrogen-bond donors (Lipinski definition) is 0. The van der Waals surface area contributed by atoms with Gasteiger partial charge in [0.15, 0.2) is 0 Å². The normalized spacial score (nSPS) is 11.5. The van der Waals surface area contributed by atoms with Crippen LogP contribution in [0, 0.1) is 11.3 Å². The van der Waals surface area contributed by atoms with E-state index in [1.807, 2.05) is 47.7 Å². The third-order valence-electron chi connectivity index (χ3n) is 7.69. The van der Waals surface area contributed by atoms with E-state index in [4.69, 9.17) is 4.42 Å². The summed E-state index contributed by atoms with van der Waals surface area (Å²) in [4.78, 5) is 0. The quantitative estimate of drug-likeness (QED) is 0.229. The largest absolute Gasteiger partial charge is 0.456 e. The van der Waals surface area contributed by atoms with E-state index in [1.165, 1.54) is 25.7 Å². The highest BCUT2D eigenvalue weighted by Crippen LogP contribution is 2.42. The second-order valence-corrected chi connectivity index (χ2v) is 11.1. The number of nitriles is 1. The Bertz CT molecular complexity index is 2300. The lowest BCUT2D eigenvalue weighted by Gasteiger charge is -2.12. The lowest BCUT2D eigenvalue weighted by atomic mass is 9.92. The van der Waals surface area contributed by atoms with E-state index in [-0.39, 0.29) is 0 Å². The Morgan fingerprint density at radius 1 is 0.500 bits per heavy atom. The third kappa shape index (κ3) is 3.62. The van der Waals surface area contributed by atoms with E-state index < -0.39 is 0 Å². The highest BCUT2D eigenvalue weighted by Gasteiger charge is 2.14. The fourth-order valence-electron chi connectivity index (χ4n) is 5.76. The number of hydrogen-bond acceptors (Lipinski definition) is 3. The van der Waals surface area contributed by atoms with Crippen LogP contribution in [0.15, 0.2) is 132 Å². The zero-order valence-electron chi connectivity index (χ0n) is 21.4. The van der Waals surface area contributed by atoms with Crippen molar-refractivity contribution in [2.75, 3.05) is 0 Å². The lowest BCUT2D eigenvalue weighted by Crippen LogP contribution is -1.87. The average molecular weight is 528 g/mol. The van der Waals surface area contributed by atoms with Gasteiger partial charge in [-0.1, -0.05) is 72.8 Å². The zero-order chi connectivity index (χ0) is 26.6. The van der Waals surface area contributed by atoms with Crippen molar-refractivity contribution < 1.29 is 4.42 Å². The Hall–Kier alpha value is -5.17. The molecule has 0 spiro atoms. The molecule has 0 bridgehead atoms. The molecule has 0 radical (unpaired) electrons. The van der Waals surface area contributed by atoms with Gasteiger partial charge >= 0.3 is 0 Å². The fourth-order valence-corrected chi connectivity index (χ4v) is 7.00. The number of nitrogens with zero attached hydrogens (tertiary/aromatic N) is 1. The van der Waals surface area contributed by atoms with Gasteiger partial charge in [0.2, 0.25) is 0 Å². The Kier molecular flexibility index (Phi) is 5.10. The van der Waals surface area contributed by atoms with Crippen LogP contribution in [0.3, 0.4) is 0 Å². The molecule has 0 N–H and O–H groups in total. The van der Waals surface area contributed by atoms with Gasteiger partial charge in [-0.2, -0.15) is 5.26 Å². The molecule has 0 unspecified atom stereocenters. The van der Waals surface area contributed by atoms with Gasteiger partial charge in [-0.3, -0.25) is 0 Å². The van der Waals surface area contributed by atoms with E-state index in [0.717, 1.165) is 49.8 Å². The first-order valence-corrected chi connectivity index (χ1v) is 14.0. The van der Waals surface area contributed by atoms with Crippen molar-refractivity contribution in [3.8, 4) is 39.4 Å². The van der Waals surface area contributed by atoms with Crippen molar-refractivity contribution in [2.24, 2.45) is 0 Å². The molecule has 40 heavy (non-hydrogen) atoms. The summed E-state index contributed by atoms with van der Waals surface area (Å²) in [6.07, 6.45) is 0. The van der Waals surface area contributed by atoms with E-state index in [0.29, 0.717) is 5.56 Å². The molecule has 0 fully saturated rings. The van der Waals surface area contributed by atoms with Crippen molar-refractivity contribution >= 4 is 53.4 Å². The monoisotopic (exact) mass is 527 g/mol. The summed E-state index contributed by atoms with van der Waals surface area (Å²) < 4.78 is 8.80. The smallest absolute Gasteiger partial charge is 0.136 e. The Morgan fingerprint density at radius 3 is 2.08 bits per heavy atom. The van der Waals surface area contributed by atoms with Gasteiger partial charge < -0.3 is 4.42 Å². The Morgan fingerprint density at radius 2 is 1.20 bits per heavy atom. The van der Waals surface area contributed by atoms with Crippen LogP contribution in [0.1, 0.15) is 5.56 Å². The molecule has 0 saturated carbocycles. The number of fused-ring (bicyclic) bond motifs is 6. The summed E-state index contributed by atoms with van der Waals surface area (Å²) in [5.74, 6) is 0. The van der Waals surface area contributed by atoms with E-state index >= 15 is 0 Å². The highest BCUT2D eigenvalue weighted by molar-refractivity contribution is 7.26. The first kappa shape index (κ1) is 22.8. The van der Waals surface area contributed by atoms with Crippen molar-refractivity contribution in [1.29, 1.82) is 5.26 Å². The summed E-state index contributed by atoms with van der Waals surface area (Å²) >= 11 is 1.84. The maximum absolute atomic E-state index is 9.56. The van der Waals surface area contributed by atoms with Gasteiger partial charge in [0, 0.05) is 30.9 Å². The van der Waals surface area contributed by atoms with E-state index in [1.54, 1.807) is 0 Å². The van der Waals surface area contributed by atoms with Crippen molar-refractivity contribution in [3.63, 3.8) is 0 Å². The first-order chi connectivity index (χ1) is 19.7. The number of thiophene rings is 1. The Labute approximate surface area is 235 Å². The molecule has 0 saturated heterocycles. The fraction of sp³-hybridized carbons (Fsp3) is 0. The topological polar surface area (TPSA) is 36.9 Å². The van der Waals surface area contributed by atoms with Crippen molar-refractivity contribution in [2.45, 2.75) is 0 Å². The summed E-state index contributed by atoms with van der Waals surface area (Å²) in [6.45, 7) is 0. The Balaban J connectivity index is 1.38. The average Bonchev–Trinajstić information content (AvgIpc) is 3.59. The van der Waals surface area contributed by atoms with Crippen LogP contribution in [-0.4, -0.2) is 0 Å². The molecule has 2 nitrogen and oxygen atoms in total. The molecule has 3 heteroatoms. The van der Waals surface area contributed by atoms with Gasteiger partial charge in [-0.05, 0) is 88.0 Å². The van der Waals surface area contributed by atoms with E-state index in [9.17, 15) is 5.26 Å². The third-order valence-corrected chi connectivity index (χ3v) is 8.91. The number of furan rings is 1. The number of para-hydroxylation sites is 1. The summed E-state index contributed by atoms with van der Waals surface area (Å²) in [5, 5.41) is 14.4. The van der Waals surface area contributed by atoms with Gasteiger partial charge in [0.1, 0.15) is 11.2 Å². The highest BCUT2D eigenvalue weighted by atomic mass is 32.1. The van der Waals surface area contributed by atoms with Crippen LogP contribution in [0.4, 0.5) is 0 Å². The van der Waals surface area contributed by atoms with Crippen LogP contribution in [0.2, 0.25) is 0 Å². The van der Waals surface area contributed by atoms with Crippen LogP contribution in [0.25, 0.3) is 75.5 Å². The molecule has 8 rings (SSSR count). The number of rotatable bonds is 3. The maximum Gasteiger partial charge on any atom is 0.136 e. The molecule has 2 heterocycles. The maximum atomic E-state index is 9.56. The molecule has 0 aliphatic heterocycles. The minimum absolute atomic E-state index is 0.653. The summed E-state index contributed by atoms with van der Waals surface area (Å²) in [5.41, 5.74) is 9.09. The van der Waals surface area contributed by atoms with Gasteiger partial charge in [0.05, 0.1) is 11.6 Å². The van der Waals surface area contributed by atoms with E-state index in [2.05, 4.69) is 97.1 Å². The molecule has 2 aromatic heterocycles. The summed E-state index contributed by atoms with van der Waals surface area (Å²) in [6, 6.07) is 46.7. The first-order valence-electron chi connectivity index (χ1n) is 13.2. The van der Waals surface area contributed by atoms with Crippen LogP contribution in [0.5, 0.6) is 0 Å². The zero-order valence-corrected chi connectivity index (χ0v) is 22.2. The molecular weight excluding hydrogens is 506 g/mol. The van der Waals surface area contributed by atoms with Crippen molar-refractivity contribution in [3.05, 3.63) is 133 Å². The van der Waals surface area contributed by atoms with Crippen LogP contribution in [-0.2, 0) is 0 Å². The predicted molar refractivity (Wildman–Crippen MR) is 168 cm³/mol. The molecule has 0 amide bonds. The summed E-state index contributed by atoms with van der Waals surface area (Å²) in [7, 11) is 0. The van der Waals surface area contributed by atoms with Gasteiger partial charge in [-0.15, -0.1) is 11.3 Å². The van der Waals surface area contributed by atoms with Gasteiger partial charge in [0.25, 0.3) is 0 Å². The second-order valence-electron chi connectivity index (χ2n) is 10.1. The molecule has 6 aromatic carbocycles. The number of benzene rings is 6. The molecule has 0 aliphatic carbocycles. The SMILES string of the molecule is N#Cc1cccc(-c2cc(-c3ccc4c(c3)oc3ccccc34)cc(-c3cccc4c3sc3ccccc34)c2)c1. The molecular formula is C37H21NOS. The van der Waals surface area contributed by atoms with Crippen LogP contribution >= 0.6 is 11.3 Å². The van der Waals surface area contributed by atoms with Crippen molar-refractivity contribution in [1.82, 2.24) is 0 Å². The molecule has 0 aliphatic rings. The van der Waals surface area contributed by atoms with Gasteiger partial charge in [-0.25, -0.2) is 0 Å². The van der Waals surface area contributed by atoms with Crippen LogP contribution < -0.4 is 0 Å². The molecule has 186 valence electrons. The predicted octanol–water partition coefficient (Wildman–Crippen LogP) is 10.8. The lowest BCUT2D eigenvalue weighted by molar-refractivity contribution is 0.669. The standard InChI is InChI=1S/C37H21NOS/c38-22-23-7-5-8-24(17-23)26-18-27(25-15-16-31-30-9-1-3-13-34(30)39-35(31)21-25)20-28(19-26)29-11-6-12-33-32-10-2-4-14-36(32)40-37(29)33/h1-21H. The minimum Gasteiger partial charge on any atom is -0.456 e.